The van der Waals surface area contributed by atoms with Crippen molar-refractivity contribution in [1.82, 2.24) is 4.72 Å². The number of nitrogens with two attached hydrogens (primary N) is 1. The third kappa shape index (κ3) is 5.47. The highest BCUT2D eigenvalue weighted by molar-refractivity contribution is 7.90. The van der Waals surface area contributed by atoms with Crippen molar-refractivity contribution in [2.75, 3.05) is 11.3 Å². The normalized spacial score (nSPS) is 13.2. The molecule has 21 heavy (non-hydrogen) atoms. The van der Waals surface area contributed by atoms with E-state index in [4.69, 9.17) is 10.9 Å². The van der Waals surface area contributed by atoms with Crippen molar-refractivity contribution in [3.63, 3.8) is 0 Å². The summed E-state index contributed by atoms with van der Waals surface area (Å²) in [4.78, 5) is 0. The molecule has 5 N–H and O–H groups in total. The first-order valence-electron chi connectivity index (χ1n) is 5.47. The third-order valence-corrected chi connectivity index (χ3v) is 3.36. The number of benzene rings is 1. The third-order valence-electron chi connectivity index (χ3n) is 2.35. The summed E-state index contributed by atoms with van der Waals surface area (Å²) in [7, 11) is -4.40. The number of aryl methyl sites for hydroxylation is 1. The molecule has 0 radical (unpaired) electrons. The van der Waals surface area contributed by atoms with E-state index in [1.807, 2.05) is 4.72 Å². The number of nitrogens with one attached hydrogen (secondary N) is 2. The van der Waals surface area contributed by atoms with Crippen LogP contribution in [0.3, 0.4) is 0 Å². The van der Waals surface area contributed by atoms with Crippen LogP contribution < -0.4 is 15.2 Å². The zero-order valence-corrected chi connectivity index (χ0v) is 11.6. The predicted molar refractivity (Wildman–Crippen MR) is 70.3 cm³/mol. The Bertz CT molecular complexity index is 643. The molecule has 0 saturated carbocycles. The van der Waals surface area contributed by atoms with Crippen LogP contribution in [-0.4, -0.2) is 32.2 Å². The number of rotatable bonds is 5. The van der Waals surface area contributed by atoms with Crippen LogP contribution in [0, 0.1) is 6.92 Å². The second-order valence-corrected chi connectivity index (χ2v) is 5.56. The molecule has 0 saturated heterocycles. The summed E-state index contributed by atoms with van der Waals surface area (Å²) in [5, 5.41) is 11.3. The number of hydrogen-bond acceptors (Lipinski definition) is 4. The van der Waals surface area contributed by atoms with Gasteiger partial charge in [-0.05, 0) is 18.6 Å². The molecule has 1 aromatic rings. The first-order valence-corrected chi connectivity index (χ1v) is 6.95. The summed E-state index contributed by atoms with van der Waals surface area (Å²) in [5.74, 6) is -0.265. The summed E-state index contributed by atoms with van der Waals surface area (Å²) in [6.45, 7) is -0.154. The van der Waals surface area contributed by atoms with E-state index in [2.05, 4.69) is 5.16 Å². The molecule has 7 nitrogen and oxygen atoms in total. The maximum absolute atomic E-state index is 12.0. The highest BCUT2D eigenvalue weighted by Gasteiger charge is 2.29. The first kappa shape index (κ1) is 17.0. The van der Waals surface area contributed by atoms with Gasteiger partial charge in [-0.2, -0.15) is 26.3 Å². The molecule has 0 spiro atoms. The van der Waals surface area contributed by atoms with Gasteiger partial charge in [-0.1, -0.05) is 17.3 Å². The fraction of sp³-hybridized carbons (Fsp3) is 0.300. The van der Waals surface area contributed by atoms with E-state index in [0.29, 0.717) is 5.56 Å². The Morgan fingerprint density at radius 3 is 2.57 bits per heavy atom. The van der Waals surface area contributed by atoms with E-state index < -0.39 is 22.9 Å². The van der Waals surface area contributed by atoms with Gasteiger partial charge in [0.25, 0.3) is 10.2 Å². The number of amidine groups is 1. The Hall–Kier alpha value is -2.01. The minimum absolute atomic E-state index is 0.00812. The van der Waals surface area contributed by atoms with Gasteiger partial charge in [0, 0.05) is 5.56 Å². The summed E-state index contributed by atoms with van der Waals surface area (Å²) in [5.41, 5.74) is 6.01. The van der Waals surface area contributed by atoms with Gasteiger partial charge in [-0.25, -0.2) is 0 Å². The van der Waals surface area contributed by atoms with Gasteiger partial charge in [0.2, 0.25) is 0 Å². The van der Waals surface area contributed by atoms with Crippen LogP contribution in [0.5, 0.6) is 0 Å². The van der Waals surface area contributed by atoms with Crippen LogP contribution in [0.2, 0.25) is 0 Å². The number of hydrogen-bond donors (Lipinski definition) is 4. The van der Waals surface area contributed by atoms with Gasteiger partial charge in [-0.3, -0.25) is 4.72 Å². The van der Waals surface area contributed by atoms with Gasteiger partial charge >= 0.3 is 6.18 Å². The molecule has 0 unspecified atom stereocenters. The Morgan fingerprint density at radius 2 is 2.05 bits per heavy atom. The molecule has 0 heterocycles. The van der Waals surface area contributed by atoms with Crippen molar-refractivity contribution >= 4 is 21.7 Å². The zero-order chi connectivity index (χ0) is 16.3. The Kier molecular flexibility index (Phi) is 5.01. The van der Waals surface area contributed by atoms with Crippen LogP contribution in [0.15, 0.2) is 23.4 Å². The van der Waals surface area contributed by atoms with Crippen molar-refractivity contribution < 1.29 is 26.8 Å². The van der Waals surface area contributed by atoms with Gasteiger partial charge in [0.15, 0.2) is 5.84 Å². The fourth-order valence-corrected chi connectivity index (χ4v) is 2.24. The molecule has 0 fully saturated rings. The lowest BCUT2D eigenvalue weighted by Crippen LogP contribution is -2.37. The maximum Gasteiger partial charge on any atom is 0.402 e. The quantitative estimate of drug-likeness (QED) is 0.278. The first-order chi connectivity index (χ1) is 9.54. The van der Waals surface area contributed by atoms with Crippen molar-refractivity contribution in [3.05, 3.63) is 29.3 Å². The molecule has 11 heteroatoms. The summed E-state index contributed by atoms with van der Waals surface area (Å²) in [6, 6.07) is 4.16. The number of anilines is 1. The van der Waals surface area contributed by atoms with Gasteiger partial charge in [0.1, 0.15) is 6.54 Å². The molecule has 0 amide bonds. The standard InChI is InChI=1S/C10H13F3N4O3S/c1-6-2-3-7(9(14)16-18)4-8(6)17-21(19,20)15-5-10(11,12)13/h2-4,15,17-18H,5H2,1H3,(H2,14,16). The average Bonchev–Trinajstić information content (AvgIpc) is 2.37. The number of alkyl halides is 3. The topological polar surface area (TPSA) is 117 Å². The van der Waals surface area contributed by atoms with E-state index >= 15 is 0 Å². The van der Waals surface area contributed by atoms with Gasteiger partial charge < -0.3 is 10.9 Å². The van der Waals surface area contributed by atoms with Crippen molar-refractivity contribution in [2.45, 2.75) is 13.1 Å². The van der Waals surface area contributed by atoms with Crippen LogP contribution in [0.1, 0.15) is 11.1 Å². The molecule has 0 aliphatic heterocycles. The molecule has 0 aromatic heterocycles. The lowest BCUT2D eigenvalue weighted by molar-refractivity contribution is -0.121. The Morgan fingerprint density at radius 1 is 1.43 bits per heavy atom. The van der Waals surface area contributed by atoms with Crippen LogP contribution >= 0.6 is 0 Å². The van der Waals surface area contributed by atoms with E-state index in [9.17, 15) is 21.6 Å². The van der Waals surface area contributed by atoms with Crippen LogP contribution in [0.25, 0.3) is 0 Å². The lowest BCUT2D eigenvalue weighted by atomic mass is 10.1. The van der Waals surface area contributed by atoms with Crippen molar-refractivity contribution in [1.29, 1.82) is 0 Å². The lowest BCUT2D eigenvalue weighted by Gasteiger charge is -2.13. The minimum Gasteiger partial charge on any atom is -0.409 e. The minimum atomic E-state index is -4.67. The van der Waals surface area contributed by atoms with Gasteiger partial charge in [-0.15, -0.1) is 0 Å². The van der Waals surface area contributed by atoms with Crippen LogP contribution in [-0.2, 0) is 10.2 Å². The Labute approximate surface area is 118 Å². The molecule has 0 bridgehead atoms. The van der Waals surface area contributed by atoms with E-state index in [1.54, 1.807) is 0 Å². The number of oxime groups is 1. The highest BCUT2D eigenvalue weighted by atomic mass is 32.2. The smallest absolute Gasteiger partial charge is 0.402 e. The SMILES string of the molecule is Cc1ccc(/C(N)=N/O)cc1NS(=O)(=O)NCC(F)(F)F. The second kappa shape index (κ2) is 6.18. The molecular weight excluding hydrogens is 313 g/mol. The fourth-order valence-electron chi connectivity index (χ4n) is 1.31. The van der Waals surface area contributed by atoms with Crippen molar-refractivity contribution in [2.24, 2.45) is 10.9 Å². The monoisotopic (exact) mass is 326 g/mol. The molecule has 1 aromatic carbocycles. The van der Waals surface area contributed by atoms with Crippen LogP contribution in [0.4, 0.5) is 18.9 Å². The highest BCUT2D eigenvalue weighted by Crippen LogP contribution is 2.18. The molecule has 0 aliphatic rings. The van der Waals surface area contributed by atoms with Gasteiger partial charge in [0.05, 0.1) is 5.69 Å². The zero-order valence-electron chi connectivity index (χ0n) is 10.8. The van der Waals surface area contributed by atoms with Crippen molar-refractivity contribution in [3.8, 4) is 0 Å². The summed E-state index contributed by atoms with van der Waals surface area (Å²) >= 11 is 0. The van der Waals surface area contributed by atoms with E-state index in [-0.39, 0.29) is 17.1 Å². The summed E-state index contributed by atoms with van der Waals surface area (Å²) < 4.78 is 62.4. The van der Waals surface area contributed by atoms with E-state index in [1.165, 1.54) is 29.8 Å². The average molecular weight is 326 g/mol. The Balaban J connectivity index is 2.96. The maximum atomic E-state index is 12.0. The summed E-state index contributed by atoms with van der Waals surface area (Å²) in [6.07, 6.45) is -4.67. The van der Waals surface area contributed by atoms with E-state index in [0.717, 1.165) is 0 Å². The predicted octanol–water partition coefficient (Wildman–Crippen LogP) is 0.898. The molecular formula is C10H13F3N4O3S. The molecule has 1 rings (SSSR count). The molecule has 0 aliphatic carbocycles. The largest absolute Gasteiger partial charge is 0.409 e. The molecule has 118 valence electrons. The number of halogens is 3. The number of nitrogens with zero attached hydrogens (tertiary/aromatic N) is 1. The second-order valence-electron chi connectivity index (χ2n) is 4.06. The molecule has 0 atom stereocenters.